The van der Waals surface area contributed by atoms with Gasteiger partial charge in [0.25, 0.3) is 5.89 Å². The summed E-state index contributed by atoms with van der Waals surface area (Å²) in [5.74, 6) is 0.166. The van der Waals surface area contributed by atoms with E-state index in [1.165, 1.54) is 30.3 Å². The Morgan fingerprint density at radius 2 is 2.18 bits per heavy atom. The molecule has 6 nitrogen and oxygen atoms in total. The van der Waals surface area contributed by atoms with Gasteiger partial charge in [-0.25, -0.2) is 4.79 Å². The van der Waals surface area contributed by atoms with Gasteiger partial charge in [0.2, 0.25) is 5.82 Å². The predicted octanol–water partition coefficient (Wildman–Crippen LogP) is 4.90. The molecule has 0 bridgehead atoms. The predicted molar refractivity (Wildman–Crippen MR) is 106 cm³/mol. The number of nitrogens with zero attached hydrogens (tertiary/aromatic N) is 3. The summed E-state index contributed by atoms with van der Waals surface area (Å²) in [6.45, 7) is 4.08. The van der Waals surface area contributed by atoms with Gasteiger partial charge in [-0.05, 0) is 56.5 Å². The molecule has 0 spiro atoms. The van der Waals surface area contributed by atoms with Crippen LogP contribution in [0.5, 0.6) is 0 Å². The molecule has 3 aromatic rings. The second-order valence-corrected chi connectivity index (χ2v) is 7.33. The van der Waals surface area contributed by atoms with Crippen molar-refractivity contribution in [3.05, 3.63) is 64.3 Å². The largest absolute Gasteiger partial charge is 0.452 e. The Labute approximate surface area is 167 Å². The minimum absolute atomic E-state index is 0.0855. The second-order valence-electron chi connectivity index (χ2n) is 6.89. The van der Waals surface area contributed by atoms with Crippen LogP contribution in [-0.4, -0.2) is 20.7 Å². The van der Waals surface area contributed by atoms with Gasteiger partial charge in [-0.3, -0.25) is 0 Å². The molecule has 1 aliphatic carbocycles. The fourth-order valence-corrected chi connectivity index (χ4v) is 3.45. The van der Waals surface area contributed by atoms with E-state index >= 15 is 0 Å². The molecule has 0 amide bonds. The van der Waals surface area contributed by atoms with E-state index < -0.39 is 5.97 Å². The molecule has 0 radical (unpaired) electrons. The zero-order chi connectivity index (χ0) is 19.7. The zero-order valence-electron chi connectivity index (χ0n) is 15.7. The summed E-state index contributed by atoms with van der Waals surface area (Å²) in [5.41, 5.74) is 4.15. The van der Waals surface area contributed by atoms with Crippen LogP contribution in [0, 0.1) is 13.8 Å². The third-order valence-electron chi connectivity index (χ3n) is 4.72. The number of aryl methyl sites for hydroxylation is 1. The summed E-state index contributed by atoms with van der Waals surface area (Å²) in [6, 6.07) is 9.84. The molecule has 1 aromatic carbocycles. The molecule has 4 rings (SSSR count). The lowest BCUT2D eigenvalue weighted by molar-refractivity contribution is -0.139. The Bertz CT molecular complexity index is 1050. The minimum atomic E-state index is -0.460. The molecule has 0 aliphatic heterocycles. The molecule has 0 unspecified atom stereocenters. The maximum Gasteiger partial charge on any atom is 0.331 e. The highest BCUT2D eigenvalue weighted by atomic mass is 35.5. The number of carbonyl (C=O) groups is 1. The molecule has 28 heavy (non-hydrogen) atoms. The van der Waals surface area contributed by atoms with Crippen molar-refractivity contribution in [1.29, 1.82) is 0 Å². The van der Waals surface area contributed by atoms with Gasteiger partial charge >= 0.3 is 5.97 Å². The summed E-state index contributed by atoms with van der Waals surface area (Å²) < 4.78 is 12.7. The standard InChI is InChI=1S/C21H20ClN3O3/c1-13-10-15(14(2)25(13)18-7-8-18)6-9-20(26)27-12-19-23-21(24-28-19)16-4-3-5-17(22)11-16/h3-6,9-11,18H,7-8,12H2,1-2H3/b9-6+. The summed E-state index contributed by atoms with van der Waals surface area (Å²) in [6.07, 6.45) is 5.66. The third-order valence-corrected chi connectivity index (χ3v) is 4.96. The fraction of sp³-hybridized carbons (Fsp3) is 0.286. The Morgan fingerprint density at radius 1 is 1.36 bits per heavy atom. The first kappa shape index (κ1) is 18.5. The van der Waals surface area contributed by atoms with Gasteiger partial charge in [-0.2, -0.15) is 4.98 Å². The van der Waals surface area contributed by atoms with Gasteiger partial charge in [0.1, 0.15) is 0 Å². The lowest BCUT2D eigenvalue weighted by Gasteiger charge is -2.06. The molecule has 1 fully saturated rings. The number of rotatable bonds is 6. The topological polar surface area (TPSA) is 70.2 Å². The SMILES string of the molecule is Cc1cc(/C=C/C(=O)OCc2nc(-c3cccc(Cl)c3)no2)c(C)n1C1CC1. The molecule has 7 heteroatoms. The molecule has 1 aliphatic rings. The van der Waals surface area contributed by atoms with E-state index in [1.807, 2.05) is 6.07 Å². The third kappa shape index (κ3) is 4.02. The fourth-order valence-electron chi connectivity index (χ4n) is 3.26. The average molecular weight is 398 g/mol. The number of ether oxygens (including phenoxy) is 1. The van der Waals surface area contributed by atoms with E-state index in [0.29, 0.717) is 16.9 Å². The summed E-state index contributed by atoms with van der Waals surface area (Å²) in [5, 5.41) is 4.47. The molecule has 0 N–H and O–H groups in total. The number of esters is 1. The molecule has 2 heterocycles. The highest BCUT2D eigenvalue weighted by Gasteiger charge is 2.26. The van der Waals surface area contributed by atoms with Crippen LogP contribution in [-0.2, 0) is 16.1 Å². The van der Waals surface area contributed by atoms with Crippen molar-refractivity contribution in [1.82, 2.24) is 14.7 Å². The summed E-state index contributed by atoms with van der Waals surface area (Å²) in [4.78, 5) is 16.3. The first-order chi connectivity index (χ1) is 13.5. The first-order valence-electron chi connectivity index (χ1n) is 9.13. The number of halogens is 1. The van der Waals surface area contributed by atoms with E-state index in [9.17, 15) is 4.79 Å². The minimum Gasteiger partial charge on any atom is -0.452 e. The quantitative estimate of drug-likeness (QED) is 0.437. The number of hydrogen-bond donors (Lipinski definition) is 0. The molecule has 2 aromatic heterocycles. The lowest BCUT2D eigenvalue weighted by Crippen LogP contribution is -2.01. The van der Waals surface area contributed by atoms with Gasteiger partial charge in [0, 0.05) is 34.1 Å². The molecule has 0 saturated heterocycles. The van der Waals surface area contributed by atoms with Crippen molar-refractivity contribution < 1.29 is 14.1 Å². The maximum atomic E-state index is 12.0. The maximum absolute atomic E-state index is 12.0. The zero-order valence-corrected chi connectivity index (χ0v) is 16.4. The van der Waals surface area contributed by atoms with Crippen LogP contribution in [0.2, 0.25) is 5.02 Å². The highest BCUT2D eigenvalue weighted by Crippen LogP contribution is 2.38. The van der Waals surface area contributed by atoms with Gasteiger partial charge in [0.05, 0.1) is 0 Å². The van der Waals surface area contributed by atoms with Gasteiger partial charge in [-0.1, -0.05) is 28.9 Å². The number of hydrogen-bond acceptors (Lipinski definition) is 5. The first-order valence-corrected chi connectivity index (χ1v) is 9.51. The van der Waals surface area contributed by atoms with E-state index in [0.717, 1.165) is 11.1 Å². The van der Waals surface area contributed by atoms with Crippen molar-refractivity contribution in [2.24, 2.45) is 0 Å². The average Bonchev–Trinajstić information content (AvgIpc) is 3.31. The molecule has 0 atom stereocenters. The Morgan fingerprint density at radius 3 is 2.93 bits per heavy atom. The number of aromatic nitrogens is 3. The van der Waals surface area contributed by atoms with Crippen LogP contribution in [0.1, 0.15) is 41.7 Å². The summed E-state index contributed by atoms with van der Waals surface area (Å²) >= 11 is 5.97. The van der Waals surface area contributed by atoms with Crippen LogP contribution in [0.25, 0.3) is 17.5 Å². The molecule has 1 saturated carbocycles. The molecule has 144 valence electrons. The van der Waals surface area contributed by atoms with Crippen molar-refractivity contribution in [3.8, 4) is 11.4 Å². The van der Waals surface area contributed by atoms with Crippen LogP contribution in [0.15, 0.2) is 40.9 Å². The number of benzene rings is 1. The Balaban J connectivity index is 1.36. The smallest absolute Gasteiger partial charge is 0.331 e. The van der Waals surface area contributed by atoms with Crippen molar-refractivity contribution >= 4 is 23.6 Å². The highest BCUT2D eigenvalue weighted by molar-refractivity contribution is 6.30. The van der Waals surface area contributed by atoms with Crippen LogP contribution < -0.4 is 0 Å². The second kappa shape index (κ2) is 7.64. The Kier molecular flexibility index (Phi) is 5.05. The lowest BCUT2D eigenvalue weighted by atomic mass is 10.2. The summed E-state index contributed by atoms with van der Waals surface area (Å²) in [7, 11) is 0. The van der Waals surface area contributed by atoms with E-state index in [1.54, 1.807) is 24.3 Å². The van der Waals surface area contributed by atoms with Crippen LogP contribution in [0.3, 0.4) is 0 Å². The normalized spacial score (nSPS) is 14.0. The van der Waals surface area contributed by atoms with Crippen molar-refractivity contribution in [2.75, 3.05) is 0 Å². The van der Waals surface area contributed by atoms with Crippen LogP contribution >= 0.6 is 11.6 Å². The van der Waals surface area contributed by atoms with Crippen molar-refractivity contribution in [3.63, 3.8) is 0 Å². The van der Waals surface area contributed by atoms with E-state index in [4.69, 9.17) is 20.9 Å². The van der Waals surface area contributed by atoms with E-state index in [2.05, 4.69) is 34.6 Å². The van der Waals surface area contributed by atoms with E-state index in [-0.39, 0.29) is 12.5 Å². The van der Waals surface area contributed by atoms with Crippen molar-refractivity contribution in [2.45, 2.75) is 39.3 Å². The van der Waals surface area contributed by atoms with Gasteiger partial charge in [0.15, 0.2) is 6.61 Å². The monoisotopic (exact) mass is 397 g/mol. The Hall–Kier alpha value is -2.86. The van der Waals surface area contributed by atoms with Crippen LogP contribution in [0.4, 0.5) is 0 Å². The molecular formula is C21H20ClN3O3. The van der Waals surface area contributed by atoms with Gasteiger partial charge in [-0.15, -0.1) is 0 Å². The molecular weight excluding hydrogens is 378 g/mol. The van der Waals surface area contributed by atoms with Gasteiger partial charge < -0.3 is 13.8 Å². The number of carbonyl (C=O) groups excluding carboxylic acids is 1.